The molecule has 0 saturated carbocycles. The van der Waals surface area contributed by atoms with Crippen LogP contribution in [0.4, 0.5) is 10.1 Å². The Kier molecular flexibility index (Phi) is 22.1. The first-order valence-electron chi connectivity index (χ1n) is 18.6. The van der Waals surface area contributed by atoms with E-state index in [1.165, 1.54) is 16.8 Å². The Morgan fingerprint density at radius 3 is 2.28 bits per heavy atom. The van der Waals surface area contributed by atoms with Gasteiger partial charge in [0.25, 0.3) is 0 Å². The number of benzene rings is 2. The molecule has 3 N–H and O–H groups in total. The normalized spacial score (nSPS) is 15.9. The highest BCUT2D eigenvalue weighted by Gasteiger charge is 2.12. The van der Waals surface area contributed by atoms with Gasteiger partial charge in [-0.25, -0.2) is 4.39 Å². The van der Waals surface area contributed by atoms with Crippen LogP contribution in [-0.4, -0.2) is 59.1 Å². The zero-order valence-corrected chi connectivity index (χ0v) is 34.0. The van der Waals surface area contributed by atoms with Crippen LogP contribution < -0.4 is 15.5 Å². The van der Waals surface area contributed by atoms with E-state index in [1.807, 2.05) is 98.2 Å². The minimum Gasteiger partial charge on any atom is -0.388 e. The summed E-state index contributed by atoms with van der Waals surface area (Å²) >= 11 is 0. The second-order valence-corrected chi connectivity index (χ2v) is 12.5. The SMILES string of the molecule is C=C(/C=C(\NC)c1ccccc1CCC)c1ccc(N(C)C)cc1.C=C/C=C(C(/C)=C/C(=N)C1C#CC/C=C(N(C)C)\C=C/1)\C(=C/C)NCCF.CC. The first kappa shape index (κ1) is 45.7. The summed E-state index contributed by atoms with van der Waals surface area (Å²) in [6, 6.07) is 17.1. The average molecular weight is 718 g/mol. The predicted octanol–water partition coefficient (Wildman–Crippen LogP) is 10.6. The van der Waals surface area contributed by atoms with Crippen molar-refractivity contribution in [3.05, 3.63) is 150 Å². The van der Waals surface area contributed by atoms with Crippen LogP contribution in [0.2, 0.25) is 0 Å². The summed E-state index contributed by atoms with van der Waals surface area (Å²) in [6.45, 7) is 17.9. The molecule has 284 valence electrons. The highest BCUT2D eigenvalue weighted by Crippen LogP contribution is 2.25. The fourth-order valence-corrected chi connectivity index (χ4v) is 5.42. The van der Waals surface area contributed by atoms with E-state index in [4.69, 9.17) is 5.41 Å². The summed E-state index contributed by atoms with van der Waals surface area (Å²) in [6.07, 6.45) is 18.4. The molecule has 0 aliphatic heterocycles. The quantitative estimate of drug-likeness (QED) is 0.0919. The van der Waals surface area contributed by atoms with E-state index in [0.29, 0.717) is 12.1 Å². The lowest BCUT2D eigenvalue weighted by atomic mass is 9.95. The van der Waals surface area contributed by atoms with E-state index in [2.05, 4.69) is 108 Å². The molecule has 2 aromatic carbocycles. The Morgan fingerprint density at radius 1 is 1.04 bits per heavy atom. The molecule has 6 heteroatoms. The fraction of sp³-hybridized carbons (Fsp3) is 0.340. The lowest BCUT2D eigenvalue weighted by molar-refractivity contribution is 0.483. The van der Waals surface area contributed by atoms with Crippen molar-refractivity contribution in [1.82, 2.24) is 15.5 Å². The molecule has 3 rings (SSSR count). The van der Waals surface area contributed by atoms with Crippen molar-refractivity contribution in [1.29, 1.82) is 5.41 Å². The van der Waals surface area contributed by atoms with Crippen molar-refractivity contribution in [2.24, 2.45) is 5.92 Å². The van der Waals surface area contributed by atoms with Crippen LogP contribution in [0.3, 0.4) is 0 Å². The number of hydrogen-bond acceptors (Lipinski definition) is 5. The van der Waals surface area contributed by atoms with Gasteiger partial charge >= 0.3 is 0 Å². The fourth-order valence-electron chi connectivity index (χ4n) is 5.42. The third-order valence-corrected chi connectivity index (χ3v) is 8.22. The van der Waals surface area contributed by atoms with Gasteiger partial charge in [-0.15, -0.1) is 0 Å². The second-order valence-electron chi connectivity index (χ2n) is 12.5. The van der Waals surface area contributed by atoms with Gasteiger partial charge in [-0.2, -0.15) is 0 Å². The van der Waals surface area contributed by atoms with Gasteiger partial charge in [0.1, 0.15) is 6.67 Å². The van der Waals surface area contributed by atoms with Crippen LogP contribution in [0.25, 0.3) is 11.3 Å². The zero-order chi connectivity index (χ0) is 39.8. The van der Waals surface area contributed by atoms with Crippen molar-refractivity contribution < 1.29 is 4.39 Å². The highest BCUT2D eigenvalue weighted by molar-refractivity contribution is 5.98. The topological polar surface area (TPSA) is 54.4 Å². The molecule has 0 saturated heterocycles. The van der Waals surface area contributed by atoms with E-state index in [-0.39, 0.29) is 12.5 Å². The second kappa shape index (κ2) is 25.6. The number of halogens is 1. The van der Waals surface area contributed by atoms with Gasteiger partial charge in [-0.05, 0) is 79.0 Å². The van der Waals surface area contributed by atoms with Crippen molar-refractivity contribution in [3.8, 4) is 11.8 Å². The number of allylic oxidation sites excluding steroid dienone is 10. The van der Waals surface area contributed by atoms with E-state index in [1.54, 1.807) is 6.08 Å². The minimum absolute atomic E-state index is 0.245. The van der Waals surface area contributed by atoms with Crippen LogP contribution in [0.5, 0.6) is 0 Å². The summed E-state index contributed by atoms with van der Waals surface area (Å²) in [5.74, 6) is 6.01. The molecule has 0 fully saturated rings. The number of aryl methyl sites for hydroxylation is 1. The summed E-state index contributed by atoms with van der Waals surface area (Å²) < 4.78 is 12.5. The number of nitrogens with zero attached hydrogens (tertiary/aromatic N) is 2. The van der Waals surface area contributed by atoms with E-state index < -0.39 is 6.67 Å². The van der Waals surface area contributed by atoms with E-state index in [9.17, 15) is 4.39 Å². The monoisotopic (exact) mass is 718 g/mol. The smallest absolute Gasteiger partial charge is 0.107 e. The zero-order valence-electron chi connectivity index (χ0n) is 34.0. The van der Waals surface area contributed by atoms with Crippen LogP contribution in [0, 0.1) is 23.2 Å². The largest absolute Gasteiger partial charge is 0.388 e. The molecule has 1 aliphatic carbocycles. The summed E-state index contributed by atoms with van der Waals surface area (Å²) in [5.41, 5.74) is 11.2. The Bertz CT molecular complexity index is 1720. The Labute approximate surface area is 321 Å². The molecule has 1 atom stereocenters. The van der Waals surface area contributed by atoms with Gasteiger partial charge < -0.3 is 25.8 Å². The van der Waals surface area contributed by atoms with Crippen LogP contribution in [-0.2, 0) is 6.42 Å². The van der Waals surface area contributed by atoms with Crippen molar-refractivity contribution in [2.75, 3.05) is 53.4 Å². The standard InChI is InChI=1S/C23H30FN3.C22H28N2.C2H6/c1-6-10-21(23(7-2)26-16-15-24)18(3)17-22(25)19-11-8-9-12-20(14-13-19)27(4)5;1-6-9-19-10-7-8-11-21(19)22(23-3)16-17(2)18-12-14-20(15-13-18)24(4)5;1-2/h6-7,10,12-14,17,19,25-26H,1,9,15-16H2,2-5H3;7-8,10-16,23H,2,6,9H2,1,3-5H3;1-2H3/b14-13-,18-17+,20-12+,21-10-,23-7+,25-22?;22-16-;. The maximum atomic E-state index is 12.5. The third kappa shape index (κ3) is 15.5. The van der Waals surface area contributed by atoms with E-state index >= 15 is 0 Å². The van der Waals surface area contributed by atoms with Gasteiger partial charge in [0, 0.05) is 82.1 Å². The van der Waals surface area contributed by atoms with Gasteiger partial charge in [0.15, 0.2) is 0 Å². The molecule has 0 radical (unpaired) electrons. The third-order valence-electron chi connectivity index (χ3n) is 8.22. The lowest BCUT2D eigenvalue weighted by Crippen LogP contribution is -2.18. The summed E-state index contributed by atoms with van der Waals surface area (Å²) in [4.78, 5) is 4.13. The average Bonchev–Trinajstić information content (AvgIpc) is 3.14. The van der Waals surface area contributed by atoms with Crippen LogP contribution in [0.1, 0.15) is 64.2 Å². The van der Waals surface area contributed by atoms with Gasteiger partial charge in [-0.1, -0.05) is 113 Å². The molecular weight excluding hydrogens is 654 g/mol. The summed E-state index contributed by atoms with van der Waals surface area (Å²) in [5, 5.41) is 14.9. The van der Waals surface area contributed by atoms with Crippen LogP contribution in [0.15, 0.2) is 133 Å². The number of alkyl halides is 1. The van der Waals surface area contributed by atoms with Gasteiger partial charge in [-0.3, -0.25) is 0 Å². The lowest BCUT2D eigenvalue weighted by Gasteiger charge is -2.16. The molecule has 0 spiro atoms. The molecule has 2 aromatic rings. The molecule has 0 aromatic heterocycles. The molecule has 1 unspecified atom stereocenters. The van der Waals surface area contributed by atoms with Gasteiger partial charge in [0.2, 0.25) is 0 Å². The van der Waals surface area contributed by atoms with Crippen molar-refractivity contribution in [3.63, 3.8) is 0 Å². The number of likely N-dealkylation sites (N-methyl/N-ethyl adjacent to an activating group) is 1. The van der Waals surface area contributed by atoms with E-state index in [0.717, 1.165) is 52.2 Å². The number of hydrogen-bond donors (Lipinski definition) is 3. The van der Waals surface area contributed by atoms with Crippen molar-refractivity contribution in [2.45, 2.75) is 53.9 Å². The molecule has 53 heavy (non-hydrogen) atoms. The predicted molar refractivity (Wildman–Crippen MR) is 233 cm³/mol. The Hall–Kier alpha value is -5.28. The Balaban J connectivity index is 0.000000509. The number of anilines is 1. The molecule has 1 aliphatic rings. The number of rotatable bonds is 16. The Morgan fingerprint density at radius 2 is 1.72 bits per heavy atom. The molecule has 0 bridgehead atoms. The maximum absolute atomic E-state index is 12.5. The molecular formula is C47H64FN5. The van der Waals surface area contributed by atoms with Crippen LogP contribution >= 0.6 is 0 Å². The maximum Gasteiger partial charge on any atom is 0.107 e. The van der Waals surface area contributed by atoms with Crippen molar-refractivity contribution >= 4 is 22.7 Å². The first-order chi connectivity index (χ1) is 25.5. The number of nitrogens with one attached hydrogen (secondary N) is 3. The highest BCUT2D eigenvalue weighted by atomic mass is 19.1. The summed E-state index contributed by atoms with van der Waals surface area (Å²) in [7, 11) is 10.0. The molecule has 0 heterocycles. The van der Waals surface area contributed by atoms with Gasteiger partial charge in [0.05, 0.1) is 11.6 Å². The molecule has 5 nitrogen and oxygen atoms in total. The minimum atomic E-state index is -0.443. The molecule has 0 amide bonds. The first-order valence-corrected chi connectivity index (χ1v) is 18.6.